The van der Waals surface area contributed by atoms with E-state index < -0.39 is 6.10 Å². The van der Waals surface area contributed by atoms with Crippen molar-refractivity contribution < 1.29 is 9.84 Å². The van der Waals surface area contributed by atoms with Crippen molar-refractivity contribution in [1.82, 2.24) is 0 Å². The summed E-state index contributed by atoms with van der Waals surface area (Å²) in [6.45, 7) is 0. The van der Waals surface area contributed by atoms with E-state index in [4.69, 9.17) is 4.74 Å². The molecule has 1 N–H and O–H groups in total. The van der Waals surface area contributed by atoms with E-state index in [-0.39, 0.29) is 0 Å². The van der Waals surface area contributed by atoms with E-state index in [0.717, 1.165) is 21.3 Å². The molecule has 2 aromatic carbocycles. The van der Waals surface area contributed by atoms with E-state index in [0.29, 0.717) is 6.42 Å². The molecule has 3 heteroatoms. The van der Waals surface area contributed by atoms with Crippen LogP contribution in [0.15, 0.2) is 53.0 Å². The number of aliphatic hydroxyl groups excluding tert-OH is 1. The zero-order valence-corrected chi connectivity index (χ0v) is 12.7. The molecule has 0 heterocycles. The van der Waals surface area contributed by atoms with Crippen LogP contribution in [0.4, 0.5) is 0 Å². The number of methoxy groups -OCH3 is 1. The highest BCUT2D eigenvalue weighted by atomic mass is 79.9. The lowest BCUT2D eigenvalue weighted by molar-refractivity contribution is 0.233. The lowest BCUT2D eigenvalue weighted by Gasteiger charge is -2.05. The Morgan fingerprint density at radius 1 is 1.20 bits per heavy atom. The summed E-state index contributed by atoms with van der Waals surface area (Å²) in [5.74, 6) is 6.58. The van der Waals surface area contributed by atoms with Crippen LogP contribution in [0, 0.1) is 11.8 Å². The number of benzene rings is 2. The first-order valence-electron chi connectivity index (χ1n) is 6.26. The Kier molecular flexibility index (Phi) is 5.23. The first-order chi connectivity index (χ1) is 9.69. The second kappa shape index (κ2) is 7.14. The molecule has 0 radical (unpaired) electrons. The van der Waals surface area contributed by atoms with Crippen molar-refractivity contribution >= 4 is 15.9 Å². The van der Waals surface area contributed by atoms with Crippen LogP contribution in [0.3, 0.4) is 0 Å². The smallest absolute Gasteiger partial charge is 0.120 e. The van der Waals surface area contributed by atoms with E-state index in [1.54, 1.807) is 7.11 Å². The first-order valence-corrected chi connectivity index (χ1v) is 7.05. The molecule has 0 aliphatic rings. The highest BCUT2D eigenvalue weighted by Gasteiger charge is 2.04. The Bertz CT molecular complexity index is 641. The number of ether oxygens (including phenoxy) is 1. The number of halogens is 1. The van der Waals surface area contributed by atoms with Gasteiger partial charge in [0.1, 0.15) is 11.9 Å². The third kappa shape index (κ3) is 4.12. The Morgan fingerprint density at radius 3 is 2.75 bits per heavy atom. The molecule has 20 heavy (non-hydrogen) atoms. The normalized spacial score (nSPS) is 11.3. The van der Waals surface area contributed by atoms with Crippen LogP contribution >= 0.6 is 15.9 Å². The number of rotatable bonds is 3. The van der Waals surface area contributed by atoms with Crippen LogP contribution in [-0.4, -0.2) is 18.3 Å². The number of aliphatic hydroxyl groups is 1. The van der Waals surface area contributed by atoms with Gasteiger partial charge in [0.15, 0.2) is 0 Å². The molecule has 2 aromatic rings. The number of hydrogen-bond donors (Lipinski definition) is 1. The van der Waals surface area contributed by atoms with Crippen molar-refractivity contribution in [2.24, 2.45) is 0 Å². The Labute approximate surface area is 127 Å². The van der Waals surface area contributed by atoms with Gasteiger partial charge in [-0.3, -0.25) is 0 Å². The van der Waals surface area contributed by atoms with Gasteiger partial charge in [-0.25, -0.2) is 0 Å². The molecule has 0 aliphatic carbocycles. The number of hydrogen-bond acceptors (Lipinski definition) is 2. The average Bonchev–Trinajstić information content (AvgIpc) is 2.48. The Hall–Kier alpha value is -1.76. The van der Waals surface area contributed by atoms with Crippen LogP contribution in [0.1, 0.15) is 11.1 Å². The zero-order valence-electron chi connectivity index (χ0n) is 11.1. The van der Waals surface area contributed by atoms with Crippen molar-refractivity contribution in [3.8, 4) is 17.6 Å². The van der Waals surface area contributed by atoms with E-state index >= 15 is 0 Å². The van der Waals surface area contributed by atoms with Gasteiger partial charge in [0.25, 0.3) is 0 Å². The Balaban J connectivity index is 2.06. The van der Waals surface area contributed by atoms with E-state index in [1.165, 1.54) is 0 Å². The fourth-order valence-electron chi connectivity index (χ4n) is 1.79. The van der Waals surface area contributed by atoms with Gasteiger partial charge in [-0.15, -0.1) is 0 Å². The molecule has 0 fully saturated rings. The molecule has 2 rings (SSSR count). The summed E-state index contributed by atoms with van der Waals surface area (Å²) in [6.07, 6.45) is -0.196. The van der Waals surface area contributed by atoms with E-state index in [9.17, 15) is 5.11 Å². The lowest BCUT2D eigenvalue weighted by atomic mass is 10.1. The summed E-state index contributed by atoms with van der Waals surface area (Å²) in [7, 11) is 1.62. The summed E-state index contributed by atoms with van der Waals surface area (Å²) in [4.78, 5) is 0. The Morgan fingerprint density at radius 2 is 2.00 bits per heavy atom. The summed E-state index contributed by atoms with van der Waals surface area (Å²) in [5, 5.41) is 9.99. The second-order valence-electron chi connectivity index (χ2n) is 4.31. The SMILES string of the molecule is COc1cccc(C#C[C@H](O)Cc2ccccc2Br)c1. The molecular formula is C17H15BrO2. The second-order valence-corrected chi connectivity index (χ2v) is 5.17. The molecule has 0 spiro atoms. The van der Waals surface area contributed by atoms with Gasteiger partial charge in [0, 0.05) is 16.5 Å². The molecule has 0 saturated carbocycles. The largest absolute Gasteiger partial charge is 0.497 e. The molecule has 0 aromatic heterocycles. The molecular weight excluding hydrogens is 316 g/mol. The molecule has 0 amide bonds. The van der Waals surface area contributed by atoms with Gasteiger partial charge in [-0.2, -0.15) is 0 Å². The van der Waals surface area contributed by atoms with Crippen LogP contribution in [-0.2, 0) is 6.42 Å². The minimum absolute atomic E-state index is 0.498. The van der Waals surface area contributed by atoms with Crippen LogP contribution in [0.2, 0.25) is 0 Å². The molecule has 102 valence electrons. The van der Waals surface area contributed by atoms with Crippen molar-refractivity contribution in [3.63, 3.8) is 0 Å². The fraction of sp³-hybridized carbons (Fsp3) is 0.176. The fourth-order valence-corrected chi connectivity index (χ4v) is 2.24. The molecule has 0 bridgehead atoms. The summed E-state index contributed by atoms with van der Waals surface area (Å²) in [6, 6.07) is 15.3. The molecule has 1 atom stereocenters. The third-order valence-electron chi connectivity index (χ3n) is 2.82. The highest BCUT2D eigenvalue weighted by molar-refractivity contribution is 9.10. The van der Waals surface area contributed by atoms with Gasteiger partial charge < -0.3 is 9.84 Å². The predicted octanol–water partition coefficient (Wildman–Crippen LogP) is 3.41. The molecule has 2 nitrogen and oxygen atoms in total. The average molecular weight is 331 g/mol. The topological polar surface area (TPSA) is 29.5 Å². The molecule has 0 unspecified atom stereocenters. The highest BCUT2D eigenvalue weighted by Crippen LogP contribution is 2.17. The van der Waals surface area contributed by atoms with Crippen molar-refractivity contribution in [2.45, 2.75) is 12.5 Å². The van der Waals surface area contributed by atoms with Crippen LogP contribution < -0.4 is 4.74 Å². The zero-order chi connectivity index (χ0) is 14.4. The maximum atomic E-state index is 9.99. The van der Waals surface area contributed by atoms with Crippen molar-refractivity contribution in [2.75, 3.05) is 7.11 Å². The van der Waals surface area contributed by atoms with E-state index in [2.05, 4.69) is 27.8 Å². The summed E-state index contributed by atoms with van der Waals surface area (Å²) >= 11 is 3.46. The van der Waals surface area contributed by atoms with Crippen LogP contribution in [0.5, 0.6) is 5.75 Å². The van der Waals surface area contributed by atoms with Gasteiger partial charge in [0.2, 0.25) is 0 Å². The molecule has 0 aliphatic heterocycles. The first kappa shape index (κ1) is 14.6. The van der Waals surface area contributed by atoms with E-state index in [1.807, 2.05) is 48.5 Å². The monoisotopic (exact) mass is 330 g/mol. The van der Waals surface area contributed by atoms with Crippen molar-refractivity contribution in [1.29, 1.82) is 0 Å². The minimum Gasteiger partial charge on any atom is -0.497 e. The van der Waals surface area contributed by atoms with Gasteiger partial charge >= 0.3 is 0 Å². The van der Waals surface area contributed by atoms with Gasteiger partial charge in [-0.1, -0.05) is 52.0 Å². The predicted molar refractivity (Wildman–Crippen MR) is 83.7 cm³/mol. The lowest BCUT2D eigenvalue weighted by Crippen LogP contribution is -2.07. The van der Waals surface area contributed by atoms with Crippen molar-refractivity contribution in [3.05, 3.63) is 64.1 Å². The maximum absolute atomic E-state index is 9.99. The molecule has 0 saturated heterocycles. The summed E-state index contributed by atoms with van der Waals surface area (Å²) < 4.78 is 6.12. The van der Waals surface area contributed by atoms with Gasteiger partial charge in [-0.05, 0) is 29.8 Å². The van der Waals surface area contributed by atoms with Crippen LogP contribution in [0.25, 0.3) is 0 Å². The quantitative estimate of drug-likeness (QED) is 0.874. The minimum atomic E-state index is -0.695. The maximum Gasteiger partial charge on any atom is 0.120 e. The standard InChI is InChI=1S/C17H15BrO2/c1-20-16-7-4-5-13(11-16)9-10-15(19)12-14-6-2-3-8-17(14)18/h2-8,11,15,19H,12H2,1H3/t15-/m0/s1. The summed E-state index contributed by atoms with van der Waals surface area (Å²) in [5.41, 5.74) is 1.87. The third-order valence-corrected chi connectivity index (χ3v) is 3.60. The van der Waals surface area contributed by atoms with Gasteiger partial charge in [0.05, 0.1) is 7.11 Å².